The fraction of sp³-hybridized carbons (Fsp3) is 0.0556. The summed E-state index contributed by atoms with van der Waals surface area (Å²) in [5, 5.41) is 0.961. The summed E-state index contributed by atoms with van der Waals surface area (Å²) < 4.78 is 11.5. The topological polar surface area (TPSA) is 39.4 Å². The lowest BCUT2D eigenvalue weighted by Gasteiger charge is -2.10. The maximum Gasteiger partial charge on any atom is 0.193 e. The van der Waals surface area contributed by atoms with Crippen molar-refractivity contribution >= 4 is 22.6 Å². The van der Waals surface area contributed by atoms with E-state index in [-0.39, 0.29) is 5.43 Å². The molecule has 0 N–H and O–H groups in total. The van der Waals surface area contributed by atoms with Crippen molar-refractivity contribution in [2.24, 2.45) is 0 Å². The van der Waals surface area contributed by atoms with E-state index in [4.69, 9.17) is 20.8 Å². The Morgan fingerprint density at radius 2 is 2.00 bits per heavy atom. The second-order valence-electron chi connectivity index (χ2n) is 4.71. The average Bonchev–Trinajstić information content (AvgIpc) is 2.53. The fourth-order valence-corrected chi connectivity index (χ4v) is 2.38. The predicted octanol–water partition coefficient (Wildman–Crippen LogP) is 4.68. The molecule has 0 aliphatic rings. The van der Waals surface area contributed by atoms with Crippen molar-refractivity contribution in [2.45, 2.75) is 0 Å². The molecule has 0 aliphatic carbocycles. The van der Waals surface area contributed by atoms with Crippen molar-refractivity contribution < 1.29 is 9.15 Å². The summed E-state index contributed by atoms with van der Waals surface area (Å²) in [6.45, 7) is 4.01. The molecule has 2 aromatic carbocycles. The van der Waals surface area contributed by atoms with E-state index in [1.165, 1.54) is 6.07 Å². The van der Waals surface area contributed by atoms with Crippen LogP contribution in [0.3, 0.4) is 0 Å². The van der Waals surface area contributed by atoms with E-state index in [1.807, 2.05) is 24.3 Å². The number of fused-ring (bicyclic) bond motifs is 1. The summed E-state index contributed by atoms with van der Waals surface area (Å²) >= 11 is 5.92. The fourth-order valence-electron chi connectivity index (χ4n) is 2.21. The minimum atomic E-state index is -0.141. The van der Waals surface area contributed by atoms with Crippen LogP contribution in [-0.4, -0.2) is 6.61 Å². The van der Waals surface area contributed by atoms with Crippen molar-refractivity contribution in [1.82, 2.24) is 0 Å². The van der Waals surface area contributed by atoms with Crippen LogP contribution in [0, 0.1) is 0 Å². The highest BCUT2D eigenvalue weighted by molar-refractivity contribution is 6.31. The van der Waals surface area contributed by atoms with Crippen LogP contribution in [0.25, 0.3) is 22.3 Å². The van der Waals surface area contributed by atoms with Gasteiger partial charge in [-0.05, 0) is 30.3 Å². The summed E-state index contributed by atoms with van der Waals surface area (Å²) in [5.74, 6) is 1.10. The lowest BCUT2D eigenvalue weighted by atomic mass is 10.1. The lowest BCUT2D eigenvalue weighted by molar-refractivity contribution is 0.363. The molecule has 0 aliphatic heterocycles. The van der Waals surface area contributed by atoms with Crippen molar-refractivity contribution in [3.8, 4) is 17.1 Å². The van der Waals surface area contributed by atoms with Gasteiger partial charge >= 0.3 is 0 Å². The SMILES string of the molecule is C=CCOc1ccccc1-c1cc(=O)c2cc(Cl)ccc2o1. The van der Waals surface area contributed by atoms with Gasteiger partial charge in [0.05, 0.1) is 10.9 Å². The predicted molar refractivity (Wildman–Crippen MR) is 88.6 cm³/mol. The minimum Gasteiger partial charge on any atom is -0.489 e. The second kappa shape index (κ2) is 6.08. The molecule has 3 nitrogen and oxygen atoms in total. The Morgan fingerprint density at radius 1 is 1.18 bits per heavy atom. The lowest BCUT2D eigenvalue weighted by Crippen LogP contribution is -2.01. The number of rotatable bonds is 4. The van der Waals surface area contributed by atoms with Gasteiger partial charge in [-0.3, -0.25) is 4.79 Å². The number of hydrogen-bond donors (Lipinski definition) is 0. The van der Waals surface area contributed by atoms with Crippen LogP contribution in [-0.2, 0) is 0 Å². The smallest absolute Gasteiger partial charge is 0.193 e. The van der Waals surface area contributed by atoms with Gasteiger partial charge in [0, 0.05) is 11.1 Å². The molecule has 0 bridgehead atoms. The monoisotopic (exact) mass is 312 g/mol. The summed E-state index contributed by atoms with van der Waals surface area (Å²) in [5.41, 5.74) is 1.07. The third-order valence-electron chi connectivity index (χ3n) is 3.20. The number of para-hydroxylation sites is 1. The molecule has 3 aromatic rings. The minimum absolute atomic E-state index is 0.141. The van der Waals surface area contributed by atoms with E-state index in [0.717, 1.165) is 5.56 Å². The van der Waals surface area contributed by atoms with E-state index in [2.05, 4.69) is 6.58 Å². The summed E-state index contributed by atoms with van der Waals surface area (Å²) in [4.78, 5) is 12.3. The van der Waals surface area contributed by atoms with E-state index < -0.39 is 0 Å². The first-order valence-electron chi connectivity index (χ1n) is 6.75. The molecule has 1 heterocycles. The molecular weight excluding hydrogens is 300 g/mol. The van der Waals surface area contributed by atoms with Crippen LogP contribution < -0.4 is 10.2 Å². The highest BCUT2D eigenvalue weighted by atomic mass is 35.5. The molecule has 22 heavy (non-hydrogen) atoms. The number of benzene rings is 2. The van der Waals surface area contributed by atoms with Crippen LogP contribution in [0.4, 0.5) is 0 Å². The van der Waals surface area contributed by atoms with E-state index in [0.29, 0.717) is 34.1 Å². The highest BCUT2D eigenvalue weighted by Gasteiger charge is 2.11. The summed E-state index contributed by atoms with van der Waals surface area (Å²) in [6.07, 6.45) is 1.66. The Balaban J connectivity index is 2.17. The van der Waals surface area contributed by atoms with Gasteiger partial charge in [0.15, 0.2) is 5.43 Å². The second-order valence-corrected chi connectivity index (χ2v) is 5.15. The first kappa shape index (κ1) is 14.4. The standard InChI is InChI=1S/C18H13ClO3/c1-2-9-21-16-6-4-3-5-13(16)18-11-15(20)14-10-12(19)7-8-17(14)22-18/h2-8,10-11H,1,9H2. The molecule has 110 valence electrons. The van der Waals surface area contributed by atoms with Gasteiger partial charge in [-0.25, -0.2) is 0 Å². The van der Waals surface area contributed by atoms with Gasteiger partial charge in [-0.1, -0.05) is 36.4 Å². The Bertz CT molecular complexity index is 896. The first-order chi connectivity index (χ1) is 10.7. The zero-order valence-electron chi connectivity index (χ0n) is 11.7. The molecule has 4 heteroatoms. The van der Waals surface area contributed by atoms with Gasteiger partial charge in [0.2, 0.25) is 0 Å². The average molecular weight is 313 g/mol. The summed E-state index contributed by atoms with van der Waals surface area (Å²) in [6, 6.07) is 13.8. The molecule has 0 saturated carbocycles. The molecule has 0 saturated heterocycles. The molecule has 0 amide bonds. The van der Waals surface area contributed by atoms with E-state index >= 15 is 0 Å². The zero-order valence-corrected chi connectivity index (χ0v) is 12.5. The molecule has 0 atom stereocenters. The van der Waals surface area contributed by atoms with Gasteiger partial charge in [-0.15, -0.1) is 0 Å². The van der Waals surface area contributed by atoms with Crippen LogP contribution in [0.15, 0.2) is 70.4 Å². The van der Waals surface area contributed by atoms with E-state index in [9.17, 15) is 4.79 Å². The molecule has 0 radical (unpaired) electrons. The van der Waals surface area contributed by atoms with Gasteiger partial charge in [-0.2, -0.15) is 0 Å². The highest BCUT2D eigenvalue weighted by Crippen LogP contribution is 2.31. The van der Waals surface area contributed by atoms with Crippen molar-refractivity contribution in [3.05, 3.63) is 76.4 Å². The van der Waals surface area contributed by atoms with Gasteiger partial charge in [0.25, 0.3) is 0 Å². The molecule has 0 spiro atoms. The van der Waals surface area contributed by atoms with Crippen LogP contribution in [0.5, 0.6) is 5.75 Å². The Kier molecular flexibility index (Phi) is 3.98. The van der Waals surface area contributed by atoms with Gasteiger partial charge < -0.3 is 9.15 Å². The van der Waals surface area contributed by atoms with Crippen molar-refractivity contribution in [3.63, 3.8) is 0 Å². The van der Waals surface area contributed by atoms with Crippen molar-refractivity contribution in [2.75, 3.05) is 6.61 Å². The molecule has 0 unspecified atom stereocenters. The number of halogens is 1. The maximum absolute atomic E-state index is 12.3. The number of ether oxygens (including phenoxy) is 1. The maximum atomic E-state index is 12.3. The normalized spacial score (nSPS) is 10.6. The van der Waals surface area contributed by atoms with Crippen LogP contribution in [0.1, 0.15) is 0 Å². The Morgan fingerprint density at radius 3 is 2.82 bits per heavy atom. The molecule has 0 fully saturated rings. The third-order valence-corrected chi connectivity index (χ3v) is 3.43. The molecular formula is C18H13ClO3. The Labute approximate surface area is 132 Å². The van der Waals surface area contributed by atoms with E-state index in [1.54, 1.807) is 24.3 Å². The third kappa shape index (κ3) is 2.76. The Hall–Kier alpha value is -2.52. The number of hydrogen-bond acceptors (Lipinski definition) is 3. The largest absolute Gasteiger partial charge is 0.489 e. The van der Waals surface area contributed by atoms with Gasteiger partial charge in [0.1, 0.15) is 23.7 Å². The quantitative estimate of drug-likeness (QED) is 0.657. The van der Waals surface area contributed by atoms with Crippen LogP contribution >= 0.6 is 11.6 Å². The van der Waals surface area contributed by atoms with Crippen molar-refractivity contribution in [1.29, 1.82) is 0 Å². The zero-order chi connectivity index (χ0) is 15.5. The molecule has 3 rings (SSSR count). The first-order valence-corrected chi connectivity index (χ1v) is 7.13. The van der Waals surface area contributed by atoms with Crippen LogP contribution in [0.2, 0.25) is 5.02 Å². The molecule has 1 aromatic heterocycles. The summed E-state index contributed by atoms with van der Waals surface area (Å²) in [7, 11) is 0.